The van der Waals surface area contributed by atoms with Gasteiger partial charge in [0.1, 0.15) is 17.2 Å². The van der Waals surface area contributed by atoms with Gasteiger partial charge in [-0.05, 0) is 36.3 Å². The molecule has 1 unspecified atom stereocenters. The fraction of sp³-hybridized carbons (Fsp3) is 0.400. The Labute approximate surface area is 187 Å². The van der Waals surface area contributed by atoms with Crippen LogP contribution in [0.1, 0.15) is 33.1 Å². The quantitative estimate of drug-likeness (QED) is 0.615. The summed E-state index contributed by atoms with van der Waals surface area (Å²) in [4.78, 5) is 4.64. The van der Waals surface area contributed by atoms with E-state index in [2.05, 4.69) is 28.0 Å². The lowest BCUT2D eigenvalue weighted by atomic mass is 10.0. The molecule has 172 valence electrons. The molecule has 32 heavy (non-hydrogen) atoms. The van der Waals surface area contributed by atoms with Gasteiger partial charge in [-0.25, -0.2) is 4.98 Å². The molecule has 3 rings (SSSR count). The first-order chi connectivity index (χ1) is 15.5. The van der Waals surface area contributed by atoms with Crippen LogP contribution in [0.25, 0.3) is 23.3 Å². The third kappa shape index (κ3) is 6.14. The number of hydrogen-bond acceptors (Lipinski definition) is 5. The maximum atomic E-state index is 12.5. The average molecular weight is 445 g/mol. The average Bonchev–Trinajstić information content (AvgIpc) is 3.22. The monoisotopic (exact) mass is 444 g/mol. The van der Waals surface area contributed by atoms with Crippen molar-refractivity contribution in [1.29, 1.82) is 0 Å². The topological polar surface area (TPSA) is 63.6 Å². The van der Waals surface area contributed by atoms with Crippen LogP contribution < -0.4 is 20.5 Å². The zero-order valence-corrected chi connectivity index (χ0v) is 18.5. The molecule has 2 aromatic rings. The van der Waals surface area contributed by atoms with Crippen LogP contribution in [0, 0.1) is 0 Å². The number of aliphatic hydroxyl groups is 1. The van der Waals surface area contributed by atoms with E-state index in [9.17, 15) is 13.9 Å². The van der Waals surface area contributed by atoms with Crippen molar-refractivity contribution in [2.45, 2.75) is 45.3 Å². The summed E-state index contributed by atoms with van der Waals surface area (Å²) in [6.45, 7) is 2.37. The standard InChI is InChI=1S/C25H30F2N2O3/c1-3-5-7-20-21(8-6-4-2)23(29-16-25(30)13-14-31-17-25)28-15-22(20)18-9-11-19(12-10-18)32-24(26)27/h4,6-12,15,24,30H,3,5,13-14,16-17H2,1-2H3,(H,28,29)/b6-4-,20-7-,21-8+. The maximum absolute atomic E-state index is 12.5. The maximum Gasteiger partial charge on any atom is 0.387 e. The highest BCUT2D eigenvalue weighted by Crippen LogP contribution is 2.22. The number of ether oxygens (including phenoxy) is 2. The fourth-order valence-electron chi connectivity index (χ4n) is 3.58. The molecule has 0 bridgehead atoms. The summed E-state index contributed by atoms with van der Waals surface area (Å²) in [7, 11) is 0. The molecule has 0 saturated carbocycles. The molecule has 1 fully saturated rings. The molecular weight excluding hydrogens is 414 g/mol. The molecule has 1 atom stereocenters. The first-order valence-electron chi connectivity index (χ1n) is 10.9. The van der Waals surface area contributed by atoms with Gasteiger partial charge in [0.05, 0.1) is 6.61 Å². The van der Waals surface area contributed by atoms with Gasteiger partial charge in [-0.15, -0.1) is 0 Å². The van der Waals surface area contributed by atoms with Gasteiger partial charge in [0.25, 0.3) is 0 Å². The molecular formula is C25H30F2N2O3. The highest BCUT2D eigenvalue weighted by Gasteiger charge is 2.32. The molecule has 2 N–H and O–H groups in total. The van der Waals surface area contributed by atoms with E-state index in [1.807, 2.05) is 25.2 Å². The van der Waals surface area contributed by atoms with E-state index in [1.54, 1.807) is 18.3 Å². The molecule has 1 aromatic carbocycles. The summed E-state index contributed by atoms with van der Waals surface area (Å²) in [5, 5.41) is 15.8. The predicted molar refractivity (Wildman–Crippen MR) is 123 cm³/mol. The van der Waals surface area contributed by atoms with Crippen LogP contribution in [0.3, 0.4) is 0 Å². The number of alkyl halides is 2. The Morgan fingerprint density at radius 3 is 2.69 bits per heavy atom. The summed E-state index contributed by atoms with van der Waals surface area (Å²) in [6, 6.07) is 6.57. The number of anilines is 1. The number of halogens is 2. The van der Waals surface area contributed by atoms with Crippen molar-refractivity contribution in [2.24, 2.45) is 0 Å². The van der Waals surface area contributed by atoms with E-state index in [0.29, 0.717) is 32.0 Å². The van der Waals surface area contributed by atoms with Gasteiger partial charge < -0.3 is 19.9 Å². The van der Waals surface area contributed by atoms with E-state index >= 15 is 0 Å². The summed E-state index contributed by atoms with van der Waals surface area (Å²) < 4.78 is 34.8. The second-order valence-corrected chi connectivity index (χ2v) is 7.82. The van der Waals surface area contributed by atoms with Crippen LogP contribution in [0.4, 0.5) is 14.6 Å². The van der Waals surface area contributed by atoms with Gasteiger partial charge in [-0.3, -0.25) is 0 Å². The van der Waals surface area contributed by atoms with Gasteiger partial charge in [0.15, 0.2) is 0 Å². The van der Waals surface area contributed by atoms with Crippen molar-refractivity contribution in [3.63, 3.8) is 0 Å². The predicted octanol–water partition coefficient (Wildman–Crippen LogP) is 3.85. The van der Waals surface area contributed by atoms with Crippen LogP contribution in [0.5, 0.6) is 5.75 Å². The number of rotatable bonds is 9. The summed E-state index contributed by atoms with van der Waals surface area (Å²) in [6.07, 6.45) is 12.2. The lowest BCUT2D eigenvalue weighted by Crippen LogP contribution is -2.40. The number of allylic oxidation sites excluding steroid dienone is 2. The second-order valence-electron chi connectivity index (χ2n) is 7.82. The number of nitrogens with zero attached hydrogens (tertiary/aromatic N) is 1. The van der Waals surface area contributed by atoms with Gasteiger partial charge in [-0.2, -0.15) is 8.78 Å². The molecule has 1 aliphatic heterocycles. The summed E-state index contributed by atoms with van der Waals surface area (Å²) >= 11 is 0. The second kappa shape index (κ2) is 11.2. The van der Waals surface area contributed by atoms with E-state index in [-0.39, 0.29) is 5.75 Å². The molecule has 1 saturated heterocycles. The molecule has 1 aliphatic rings. The van der Waals surface area contributed by atoms with Crippen molar-refractivity contribution < 1.29 is 23.4 Å². The third-order valence-electron chi connectivity index (χ3n) is 5.31. The third-order valence-corrected chi connectivity index (χ3v) is 5.31. The highest BCUT2D eigenvalue weighted by atomic mass is 19.3. The van der Waals surface area contributed by atoms with Gasteiger partial charge >= 0.3 is 6.61 Å². The Morgan fingerprint density at radius 2 is 2.06 bits per heavy atom. The molecule has 5 nitrogen and oxygen atoms in total. The van der Waals surface area contributed by atoms with Crippen molar-refractivity contribution in [3.8, 4) is 16.9 Å². The van der Waals surface area contributed by atoms with Gasteiger partial charge in [0, 0.05) is 36.6 Å². The van der Waals surface area contributed by atoms with Crippen molar-refractivity contribution in [1.82, 2.24) is 4.98 Å². The van der Waals surface area contributed by atoms with Crippen LogP contribution in [0.2, 0.25) is 0 Å². The Bertz CT molecular complexity index is 1030. The molecule has 0 spiro atoms. The number of benzene rings is 1. The molecule has 2 heterocycles. The van der Waals surface area contributed by atoms with Crippen LogP contribution in [-0.4, -0.2) is 42.1 Å². The molecule has 0 radical (unpaired) electrons. The number of aromatic nitrogens is 1. The van der Waals surface area contributed by atoms with E-state index in [4.69, 9.17) is 4.74 Å². The van der Waals surface area contributed by atoms with Crippen molar-refractivity contribution >= 4 is 18.0 Å². The van der Waals surface area contributed by atoms with Crippen LogP contribution in [-0.2, 0) is 4.74 Å². The minimum atomic E-state index is -2.86. The first kappa shape index (κ1) is 23.9. The lowest BCUT2D eigenvalue weighted by Gasteiger charge is -2.21. The first-order valence-corrected chi connectivity index (χ1v) is 10.9. The normalized spacial score (nSPS) is 19.9. The Morgan fingerprint density at radius 1 is 1.28 bits per heavy atom. The van der Waals surface area contributed by atoms with E-state index < -0.39 is 12.2 Å². The number of pyridine rings is 1. The molecule has 0 aliphatic carbocycles. The number of hydrogen-bond donors (Lipinski definition) is 2. The Balaban J connectivity index is 2.06. The summed E-state index contributed by atoms with van der Waals surface area (Å²) in [5.41, 5.74) is 0.837. The number of unbranched alkanes of at least 4 members (excludes halogenated alkanes) is 1. The minimum absolute atomic E-state index is 0.113. The summed E-state index contributed by atoms with van der Waals surface area (Å²) in [5.74, 6) is 0.786. The fourth-order valence-corrected chi connectivity index (χ4v) is 3.58. The zero-order chi connectivity index (χ0) is 23.0. The number of nitrogens with one attached hydrogen (secondary N) is 1. The van der Waals surface area contributed by atoms with Gasteiger partial charge in [-0.1, -0.05) is 49.8 Å². The molecule has 1 aromatic heterocycles. The van der Waals surface area contributed by atoms with E-state index in [1.165, 1.54) is 12.1 Å². The minimum Gasteiger partial charge on any atom is -0.435 e. The lowest BCUT2D eigenvalue weighted by molar-refractivity contribution is -0.0498. The molecule has 7 heteroatoms. The van der Waals surface area contributed by atoms with Crippen LogP contribution >= 0.6 is 0 Å². The largest absolute Gasteiger partial charge is 0.435 e. The Kier molecular flexibility index (Phi) is 8.36. The van der Waals surface area contributed by atoms with Crippen molar-refractivity contribution in [3.05, 3.63) is 53.1 Å². The van der Waals surface area contributed by atoms with Gasteiger partial charge in [0.2, 0.25) is 0 Å². The smallest absolute Gasteiger partial charge is 0.387 e. The van der Waals surface area contributed by atoms with Crippen LogP contribution in [0.15, 0.2) is 42.6 Å². The SMILES string of the molecule is C\C=C/C=c1/c(NCC2(O)CCOC2)ncc(-c2ccc(OC(F)F)cc2)/c1=C\CCC. The van der Waals surface area contributed by atoms with Crippen molar-refractivity contribution in [2.75, 3.05) is 25.1 Å². The zero-order valence-electron chi connectivity index (χ0n) is 18.5. The van der Waals surface area contributed by atoms with E-state index in [0.717, 1.165) is 34.4 Å². The Hall–Kier alpha value is -2.77. The molecule has 0 amide bonds. The highest BCUT2D eigenvalue weighted by molar-refractivity contribution is 5.68.